The van der Waals surface area contributed by atoms with E-state index in [1.165, 1.54) is 0 Å². The highest BCUT2D eigenvalue weighted by molar-refractivity contribution is 5.79. The maximum atomic E-state index is 12.5. The SMILES string of the molecule is CC1CCN(C(=O)C2CCc3n[nH]nc3C2)CC1. The molecule has 3 rings (SSSR count). The minimum atomic E-state index is 0.121. The summed E-state index contributed by atoms with van der Waals surface area (Å²) in [6.07, 6.45) is 4.86. The first-order chi connectivity index (χ1) is 8.74. The van der Waals surface area contributed by atoms with Gasteiger partial charge in [0, 0.05) is 25.4 Å². The van der Waals surface area contributed by atoms with Crippen molar-refractivity contribution in [3.05, 3.63) is 11.4 Å². The molecular weight excluding hydrogens is 228 g/mol. The molecule has 1 atom stereocenters. The van der Waals surface area contributed by atoms with Crippen LogP contribution in [-0.2, 0) is 17.6 Å². The van der Waals surface area contributed by atoms with Gasteiger partial charge in [0.25, 0.3) is 0 Å². The summed E-state index contributed by atoms with van der Waals surface area (Å²) >= 11 is 0. The number of amides is 1. The van der Waals surface area contributed by atoms with Crippen molar-refractivity contribution < 1.29 is 4.79 Å². The number of piperidine rings is 1. The average Bonchev–Trinajstić information content (AvgIpc) is 2.86. The van der Waals surface area contributed by atoms with Crippen LogP contribution in [0.2, 0.25) is 0 Å². The third-order valence-corrected chi connectivity index (χ3v) is 4.32. The minimum absolute atomic E-state index is 0.121. The van der Waals surface area contributed by atoms with Gasteiger partial charge in [-0.1, -0.05) is 6.92 Å². The lowest BCUT2D eigenvalue weighted by atomic mass is 9.88. The second kappa shape index (κ2) is 4.71. The van der Waals surface area contributed by atoms with Crippen LogP contribution in [0.3, 0.4) is 0 Å². The van der Waals surface area contributed by atoms with Crippen molar-refractivity contribution in [3.8, 4) is 0 Å². The van der Waals surface area contributed by atoms with E-state index in [4.69, 9.17) is 0 Å². The number of hydrogen-bond donors (Lipinski definition) is 1. The Bertz CT molecular complexity index is 434. The summed E-state index contributed by atoms with van der Waals surface area (Å²) in [5.74, 6) is 1.22. The van der Waals surface area contributed by atoms with E-state index in [0.29, 0.717) is 5.91 Å². The number of aromatic nitrogens is 3. The number of carbonyl (C=O) groups is 1. The molecule has 0 saturated carbocycles. The molecule has 1 fully saturated rings. The Morgan fingerprint density at radius 2 is 1.94 bits per heavy atom. The smallest absolute Gasteiger partial charge is 0.226 e. The number of carbonyl (C=O) groups excluding carboxylic acids is 1. The Morgan fingerprint density at radius 1 is 1.22 bits per heavy atom. The third kappa shape index (κ3) is 2.13. The second-order valence-corrected chi connectivity index (χ2v) is 5.66. The Morgan fingerprint density at radius 3 is 2.72 bits per heavy atom. The Labute approximate surface area is 107 Å². The van der Waals surface area contributed by atoms with Crippen molar-refractivity contribution in [2.24, 2.45) is 11.8 Å². The molecule has 2 heterocycles. The summed E-state index contributed by atoms with van der Waals surface area (Å²) in [5.41, 5.74) is 2.04. The summed E-state index contributed by atoms with van der Waals surface area (Å²) in [5, 5.41) is 10.9. The molecule has 5 heteroatoms. The van der Waals surface area contributed by atoms with Crippen LogP contribution in [0.4, 0.5) is 0 Å². The first-order valence-corrected chi connectivity index (χ1v) is 6.91. The molecule has 1 N–H and O–H groups in total. The molecular formula is C13H20N4O. The van der Waals surface area contributed by atoms with Gasteiger partial charge < -0.3 is 4.90 Å². The lowest BCUT2D eigenvalue weighted by Crippen LogP contribution is -2.42. The van der Waals surface area contributed by atoms with Gasteiger partial charge in [-0.05, 0) is 31.6 Å². The van der Waals surface area contributed by atoms with Gasteiger partial charge in [-0.25, -0.2) is 0 Å². The van der Waals surface area contributed by atoms with Crippen molar-refractivity contribution in [2.45, 2.75) is 39.0 Å². The standard InChI is InChI=1S/C13H20N4O/c1-9-4-6-17(7-5-9)13(18)10-2-3-11-12(8-10)15-16-14-11/h9-10H,2-8H2,1H3,(H,14,15,16). The molecule has 1 aliphatic carbocycles. The molecule has 1 aromatic rings. The van der Waals surface area contributed by atoms with Crippen molar-refractivity contribution >= 4 is 5.91 Å². The number of hydrogen-bond acceptors (Lipinski definition) is 3. The molecule has 1 saturated heterocycles. The van der Waals surface area contributed by atoms with Gasteiger partial charge >= 0.3 is 0 Å². The summed E-state index contributed by atoms with van der Waals surface area (Å²) in [4.78, 5) is 14.5. The largest absolute Gasteiger partial charge is 0.342 e. The van der Waals surface area contributed by atoms with Gasteiger partial charge in [-0.2, -0.15) is 15.4 Å². The number of fused-ring (bicyclic) bond motifs is 1. The quantitative estimate of drug-likeness (QED) is 0.811. The molecule has 1 unspecified atom stereocenters. The topological polar surface area (TPSA) is 61.9 Å². The average molecular weight is 248 g/mol. The fourth-order valence-electron chi connectivity index (χ4n) is 2.98. The monoisotopic (exact) mass is 248 g/mol. The predicted octanol–water partition coefficient (Wildman–Crippen LogP) is 1.17. The van der Waals surface area contributed by atoms with Crippen LogP contribution in [0.15, 0.2) is 0 Å². The normalized spacial score (nSPS) is 24.9. The van der Waals surface area contributed by atoms with Crippen LogP contribution in [0.1, 0.15) is 37.6 Å². The van der Waals surface area contributed by atoms with E-state index < -0.39 is 0 Å². The third-order valence-electron chi connectivity index (χ3n) is 4.32. The van der Waals surface area contributed by atoms with Crippen LogP contribution in [0.25, 0.3) is 0 Å². The van der Waals surface area contributed by atoms with E-state index >= 15 is 0 Å². The molecule has 1 amide bonds. The Kier molecular flexibility index (Phi) is 3.06. The van der Waals surface area contributed by atoms with Gasteiger partial charge in [-0.15, -0.1) is 0 Å². The molecule has 0 aromatic carbocycles. The first-order valence-electron chi connectivity index (χ1n) is 6.91. The van der Waals surface area contributed by atoms with E-state index in [1.807, 2.05) is 0 Å². The number of rotatable bonds is 1. The summed E-state index contributed by atoms with van der Waals surface area (Å²) < 4.78 is 0. The predicted molar refractivity (Wildman–Crippen MR) is 66.9 cm³/mol. The van der Waals surface area contributed by atoms with Gasteiger partial charge in [0.2, 0.25) is 5.91 Å². The number of likely N-dealkylation sites (tertiary alicyclic amines) is 1. The van der Waals surface area contributed by atoms with E-state index in [1.54, 1.807) is 0 Å². The fourth-order valence-corrected chi connectivity index (χ4v) is 2.98. The summed E-state index contributed by atoms with van der Waals surface area (Å²) in [6, 6.07) is 0. The van der Waals surface area contributed by atoms with Crippen molar-refractivity contribution in [3.63, 3.8) is 0 Å². The number of H-pyrrole nitrogens is 1. The summed E-state index contributed by atoms with van der Waals surface area (Å²) in [6.45, 7) is 4.13. The first kappa shape index (κ1) is 11.7. The number of aryl methyl sites for hydroxylation is 1. The molecule has 0 bridgehead atoms. The molecule has 2 aliphatic rings. The van der Waals surface area contributed by atoms with Gasteiger partial charge in [0.1, 0.15) is 0 Å². The molecule has 0 radical (unpaired) electrons. The van der Waals surface area contributed by atoms with Gasteiger partial charge in [-0.3, -0.25) is 4.79 Å². The van der Waals surface area contributed by atoms with Crippen molar-refractivity contribution in [1.82, 2.24) is 20.3 Å². The number of nitrogens with zero attached hydrogens (tertiary/aromatic N) is 3. The molecule has 1 aromatic heterocycles. The van der Waals surface area contributed by atoms with Gasteiger partial charge in [0.05, 0.1) is 11.4 Å². The van der Waals surface area contributed by atoms with E-state index in [0.717, 1.165) is 62.5 Å². The number of aromatic amines is 1. The zero-order valence-electron chi connectivity index (χ0n) is 10.9. The van der Waals surface area contributed by atoms with Crippen LogP contribution >= 0.6 is 0 Å². The maximum absolute atomic E-state index is 12.5. The van der Waals surface area contributed by atoms with E-state index in [2.05, 4.69) is 27.2 Å². The highest BCUT2D eigenvalue weighted by atomic mass is 16.2. The fraction of sp³-hybridized carbons (Fsp3) is 0.769. The van der Waals surface area contributed by atoms with E-state index in [-0.39, 0.29) is 5.92 Å². The highest BCUT2D eigenvalue weighted by Crippen LogP contribution is 2.26. The van der Waals surface area contributed by atoms with Gasteiger partial charge in [0.15, 0.2) is 0 Å². The zero-order valence-corrected chi connectivity index (χ0v) is 10.9. The molecule has 5 nitrogen and oxygen atoms in total. The van der Waals surface area contributed by atoms with Crippen molar-refractivity contribution in [2.75, 3.05) is 13.1 Å². The molecule has 1 aliphatic heterocycles. The van der Waals surface area contributed by atoms with Crippen LogP contribution in [0, 0.1) is 11.8 Å². The molecule has 18 heavy (non-hydrogen) atoms. The highest BCUT2D eigenvalue weighted by Gasteiger charge is 2.31. The lowest BCUT2D eigenvalue weighted by molar-refractivity contribution is -0.137. The second-order valence-electron chi connectivity index (χ2n) is 5.66. The van der Waals surface area contributed by atoms with Crippen LogP contribution in [0.5, 0.6) is 0 Å². The summed E-state index contributed by atoms with van der Waals surface area (Å²) in [7, 11) is 0. The maximum Gasteiger partial charge on any atom is 0.226 e. The zero-order chi connectivity index (χ0) is 12.5. The van der Waals surface area contributed by atoms with E-state index in [9.17, 15) is 4.79 Å². The Balaban J connectivity index is 1.64. The molecule has 0 spiro atoms. The van der Waals surface area contributed by atoms with Crippen LogP contribution < -0.4 is 0 Å². The lowest BCUT2D eigenvalue weighted by Gasteiger charge is -2.33. The number of nitrogens with one attached hydrogen (secondary N) is 1. The minimum Gasteiger partial charge on any atom is -0.342 e. The Hall–Kier alpha value is -1.39. The molecule has 98 valence electrons. The van der Waals surface area contributed by atoms with Crippen LogP contribution in [-0.4, -0.2) is 39.3 Å². The van der Waals surface area contributed by atoms with Crippen molar-refractivity contribution in [1.29, 1.82) is 0 Å².